The molecule has 4 rings (SSSR count). The highest BCUT2D eigenvalue weighted by Crippen LogP contribution is 2.37. The van der Waals surface area contributed by atoms with E-state index in [0.717, 1.165) is 12.1 Å². The third-order valence-corrected chi connectivity index (χ3v) is 7.88. The molecule has 4 aromatic rings. The number of nitrogens with zero attached hydrogens (tertiary/aromatic N) is 2. The van der Waals surface area contributed by atoms with E-state index in [-0.39, 0.29) is 57.1 Å². The van der Waals surface area contributed by atoms with Crippen molar-refractivity contribution < 1.29 is 46.6 Å². The SMILES string of the molecule is COc1cc(C(=O)OC(C)C)cc(Cl)c1OC(=O)CCCc1ccc(NC(=O)c2ccc(C)nc2-c2ccc(C(F)(F)F)cc2)c(C(=O)N(C)C)c1. The number of pyridine rings is 1. The second-order valence-electron chi connectivity index (χ2n) is 12.2. The summed E-state index contributed by atoms with van der Waals surface area (Å²) in [5.41, 5.74) is 1.51. The smallest absolute Gasteiger partial charge is 0.416 e. The number of hydrogen-bond donors (Lipinski definition) is 1. The van der Waals surface area contributed by atoms with Crippen molar-refractivity contribution in [3.05, 3.63) is 105 Å². The first-order valence-electron chi connectivity index (χ1n) is 16.1. The van der Waals surface area contributed by atoms with E-state index in [1.54, 1.807) is 59.1 Å². The van der Waals surface area contributed by atoms with Gasteiger partial charge in [-0.1, -0.05) is 29.8 Å². The van der Waals surface area contributed by atoms with Gasteiger partial charge in [-0.05, 0) is 87.7 Å². The number of amides is 2. The van der Waals surface area contributed by atoms with E-state index < -0.39 is 35.5 Å². The molecule has 0 spiro atoms. The summed E-state index contributed by atoms with van der Waals surface area (Å²) >= 11 is 6.33. The summed E-state index contributed by atoms with van der Waals surface area (Å²) in [5, 5.41) is 2.75. The Labute approximate surface area is 303 Å². The molecule has 0 radical (unpaired) electrons. The van der Waals surface area contributed by atoms with Crippen LogP contribution in [0, 0.1) is 6.92 Å². The minimum Gasteiger partial charge on any atom is -0.493 e. The number of nitrogens with one attached hydrogen (secondary N) is 1. The lowest BCUT2D eigenvalue weighted by Crippen LogP contribution is -2.24. The van der Waals surface area contributed by atoms with Crippen LogP contribution in [0.4, 0.5) is 18.9 Å². The van der Waals surface area contributed by atoms with Crippen LogP contribution in [0.5, 0.6) is 11.5 Å². The van der Waals surface area contributed by atoms with E-state index >= 15 is 0 Å². The molecule has 1 heterocycles. The van der Waals surface area contributed by atoms with Gasteiger partial charge in [0.25, 0.3) is 11.8 Å². The number of hydrogen-bond acceptors (Lipinski definition) is 8. The second kappa shape index (κ2) is 16.7. The van der Waals surface area contributed by atoms with E-state index in [0.29, 0.717) is 29.7 Å². The molecule has 0 aliphatic rings. The quantitative estimate of drug-likeness (QED) is 0.114. The van der Waals surface area contributed by atoms with Crippen LogP contribution in [0.1, 0.15) is 74.6 Å². The summed E-state index contributed by atoms with van der Waals surface area (Å²) in [6, 6.07) is 15.0. The Hall–Kier alpha value is -5.43. The number of alkyl halides is 3. The number of anilines is 1. The molecule has 14 heteroatoms. The largest absolute Gasteiger partial charge is 0.493 e. The van der Waals surface area contributed by atoms with Gasteiger partial charge < -0.3 is 24.4 Å². The van der Waals surface area contributed by atoms with Crippen LogP contribution in [0.25, 0.3) is 11.3 Å². The van der Waals surface area contributed by atoms with Crippen molar-refractivity contribution in [2.24, 2.45) is 0 Å². The average Bonchev–Trinajstić information content (AvgIpc) is 3.08. The number of aryl methyl sites for hydroxylation is 2. The topological polar surface area (TPSA) is 124 Å². The number of esters is 2. The summed E-state index contributed by atoms with van der Waals surface area (Å²) in [4.78, 5) is 57.7. The molecule has 0 unspecified atom stereocenters. The van der Waals surface area contributed by atoms with Gasteiger partial charge in [0.15, 0.2) is 11.5 Å². The van der Waals surface area contributed by atoms with Crippen molar-refractivity contribution in [1.82, 2.24) is 9.88 Å². The number of benzene rings is 3. The summed E-state index contributed by atoms with van der Waals surface area (Å²) < 4.78 is 55.4. The third kappa shape index (κ3) is 9.87. The molecule has 10 nitrogen and oxygen atoms in total. The summed E-state index contributed by atoms with van der Waals surface area (Å²) in [7, 11) is 4.46. The first-order chi connectivity index (χ1) is 24.5. The van der Waals surface area contributed by atoms with Gasteiger partial charge in [-0.2, -0.15) is 13.2 Å². The Morgan fingerprint density at radius 2 is 1.63 bits per heavy atom. The summed E-state index contributed by atoms with van der Waals surface area (Å²) in [5.74, 6) is -2.20. The van der Waals surface area contributed by atoms with E-state index in [4.69, 9.17) is 25.8 Å². The molecule has 3 aromatic carbocycles. The molecule has 0 aliphatic heterocycles. The first-order valence-corrected chi connectivity index (χ1v) is 16.5. The van der Waals surface area contributed by atoms with Crippen molar-refractivity contribution in [1.29, 1.82) is 0 Å². The Balaban J connectivity index is 1.49. The molecule has 1 N–H and O–H groups in total. The molecule has 0 saturated carbocycles. The second-order valence-corrected chi connectivity index (χ2v) is 12.6. The fourth-order valence-corrected chi connectivity index (χ4v) is 5.31. The number of methoxy groups -OCH3 is 1. The van der Waals surface area contributed by atoms with E-state index in [1.165, 1.54) is 42.3 Å². The molecule has 52 heavy (non-hydrogen) atoms. The van der Waals surface area contributed by atoms with Crippen molar-refractivity contribution in [3.63, 3.8) is 0 Å². The zero-order valence-electron chi connectivity index (χ0n) is 29.3. The summed E-state index contributed by atoms with van der Waals surface area (Å²) in [6.45, 7) is 5.10. The van der Waals surface area contributed by atoms with Gasteiger partial charge >= 0.3 is 18.1 Å². The molecule has 0 aliphatic carbocycles. The zero-order valence-corrected chi connectivity index (χ0v) is 30.1. The van der Waals surface area contributed by atoms with E-state index in [2.05, 4.69) is 10.3 Å². The van der Waals surface area contributed by atoms with Gasteiger partial charge in [0.1, 0.15) is 0 Å². The Bertz CT molecular complexity index is 1980. The minimum atomic E-state index is -4.52. The van der Waals surface area contributed by atoms with Crippen LogP contribution in [0.3, 0.4) is 0 Å². The van der Waals surface area contributed by atoms with Crippen LogP contribution in [0.2, 0.25) is 5.02 Å². The lowest BCUT2D eigenvalue weighted by atomic mass is 10.0. The van der Waals surface area contributed by atoms with Gasteiger partial charge in [-0.25, -0.2) is 4.79 Å². The lowest BCUT2D eigenvalue weighted by molar-refractivity contribution is -0.137. The van der Waals surface area contributed by atoms with Gasteiger partial charge in [0, 0.05) is 31.8 Å². The maximum atomic E-state index is 13.6. The Morgan fingerprint density at radius 1 is 0.942 bits per heavy atom. The minimum absolute atomic E-state index is 0.0132. The highest BCUT2D eigenvalue weighted by atomic mass is 35.5. The number of ether oxygens (including phenoxy) is 3. The molecule has 0 atom stereocenters. The third-order valence-electron chi connectivity index (χ3n) is 7.60. The van der Waals surface area contributed by atoms with Crippen molar-refractivity contribution >= 4 is 41.0 Å². The molecule has 0 bridgehead atoms. The molecule has 0 saturated heterocycles. The zero-order chi connectivity index (χ0) is 38.3. The standard InChI is InChI=1S/C38H37ClF3N3O7/c1-21(2)51-37(49)25-19-29(39)34(31(20-25)50-6)52-32(46)9-7-8-23-11-17-30(28(18-23)36(48)45(4)5)44-35(47)27-16-10-22(3)43-33(27)24-12-14-26(15-13-24)38(40,41)42/h10-21H,7-9H2,1-6H3,(H,44,47). The molecular formula is C38H37ClF3N3O7. The van der Waals surface area contributed by atoms with Gasteiger partial charge in [0.2, 0.25) is 0 Å². The predicted octanol–water partition coefficient (Wildman–Crippen LogP) is 8.19. The number of aromatic nitrogens is 1. The van der Waals surface area contributed by atoms with Gasteiger partial charge in [-0.3, -0.25) is 19.4 Å². The number of carbonyl (C=O) groups excluding carboxylic acids is 4. The normalized spacial score (nSPS) is 11.2. The monoisotopic (exact) mass is 739 g/mol. The van der Waals surface area contributed by atoms with Crippen LogP contribution in [-0.4, -0.2) is 60.9 Å². The number of rotatable bonds is 12. The van der Waals surface area contributed by atoms with Gasteiger partial charge in [-0.15, -0.1) is 0 Å². The average molecular weight is 740 g/mol. The maximum Gasteiger partial charge on any atom is 0.416 e. The Morgan fingerprint density at radius 3 is 2.25 bits per heavy atom. The molecule has 1 aromatic heterocycles. The van der Waals surface area contributed by atoms with Crippen LogP contribution < -0.4 is 14.8 Å². The molecule has 274 valence electrons. The number of carbonyl (C=O) groups is 4. The van der Waals surface area contributed by atoms with Gasteiger partial charge in [0.05, 0.1) is 51.9 Å². The fraction of sp³-hybridized carbons (Fsp3) is 0.289. The summed E-state index contributed by atoms with van der Waals surface area (Å²) in [6.07, 6.45) is -4.22. The van der Waals surface area contributed by atoms with E-state index in [9.17, 15) is 32.3 Å². The first kappa shape index (κ1) is 39.4. The lowest BCUT2D eigenvalue weighted by Gasteiger charge is -2.17. The van der Waals surface area contributed by atoms with Crippen molar-refractivity contribution in [3.8, 4) is 22.8 Å². The highest BCUT2D eigenvalue weighted by Gasteiger charge is 2.30. The molecule has 0 fully saturated rings. The fourth-order valence-electron chi connectivity index (χ4n) is 5.06. The highest BCUT2D eigenvalue weighted by molar-refractivity contribution is 6.32. The van der Waals surface area contributed by atoms with Crippen LogP contribution in [0.15, 0.2) is 66.7 Å². The van der Waals surface area contributed by atoms with E-state index in [1.807, 2.05) is 0 Å². The van der Waals surface area contributed by atoms with Crippen molar-refractivity contribution in [2.75, 3.05) is 26.5 Å². The Kier molecular flexibility index (Phi) is 12.7. The molecule has 2 amide bonds. The van der Waals surface area contributed by atoms with Crippen LogP contribution in [-0.2, 0) is 22.1 Å². The van der Waals surface area contributed by atoms with Crippen molar-refractivity contribution in [2.45, 2.75) is 52.3 Å². The maximum absolute atomic E-state index is 13.6. The molecular weight excluding hydrogens is 703 g/mol. The number of halogens is 4. The van der Waals surface area contributed by atoms with Crippen LogP contribution >= 0.6 is 11.6 Å². The predicted molar refractivity (Wildman–Crippen MR) is 189 cm³/mol.